The Morgan fingerprint density at radius 2 is 1.25 bits per heavy atom. The Morgan fingerprint density at radius 3 is 1.69 bits per heavy atom. The number of fused-ring (bicyclic) bond motifs is 2. The van der Waals surface area contributed by atoms with Crippen LogP contribution in [0.15, 0.2) is 66.7 Å². The van der Waals surface area contributed by atoms with Crippen molar-refractivity contribution in [2.75, 3.05) is 5.32 Å². The maximum absolute atomic E-state index is 14.0. The lowest BCUT2D eigenvalue weighted by atomic mass is 9.92. The summed E-state index contributed by atoms with van der Waals surface area (Å²) in [6, 6.07) is 22.8. The normalized spacial score (nSPS) is 12.5. The van der Waals surface area contributed by atoms with E-state index in [0.29, 0.717) is 18.4 Å². The second-order valence-corrected chi connectivity index (χ2v) is 10.7. The van der Waals surface area contributed by atoms with Crippen LogP contribution in [0.3, 0.4) is 0 Å². The first-order valence-corrected chi connectivity index (χ1v) is 13.4. The summed E-state index contributed by atoms with van der Waals surface area (Å²) in [5, 5.41) is 8.32. The number of benzene rings is 4. The number of carbonyl (C=O) groups excluding carboxylic acids is 1. The number of carbonyl (C=O) groups is 1. The molecule has 188 valence electrons. The second kappa shape index (κ2) is 10.9. The highest BCUT2D eigenvalue weighted by molar-refractivity contribution is 6.41. The van der Waals surface area contributed by atoms with E-state index in [4.69, 9.17) is 11.6 Å². The summed E-state index contributed by atoms with van der Waals surface area (Å²) in [5.41, 5.74) is 4.41. The largest absolute Gasteiger partial charge is 0.322 e. The standard InChI is InChI=1S/C32H37ClN2O/c1-7-22(6)35(32(36)34-31-23(20(2)3)17-12-18-24(31)21(4)5)19-29-25-13-8-10-15-27(25)30(33)28-16-11-9-14-26(28)29/h8-18,20-22H,7,19H2,1-6H3,(H,34,36). The molecule has 0 saturated heterocycles. The van der Waals surface area contributed by atoms with E-state index in [0.717, 1.165) is 44.2 Å². The van der Waals surface area contributed by atoms with Crippen LogP contribution in [0.2, 0.25) is 5.02 Å². The lowest BCUT2D eigenvalue weighted by Crippen LogP contribution is -2.41. The molecule has 0 radical (unpaired) electrons. The number of hydrogen-bond acceptors (Lipinski definition) is 1. The summed E-state index contributed by atoms with van der Waals surface area (Å²) in [4.78, 5) is 16.0. The van der Waals surface area contributed by atoms with Gasteiger partial charge in [0.1, 0.15) is 0 Å². The zero-order valence-electron chi connectivity index (χ0n) is 22.2. The fraction of sp³-hybridized carbons (Fsp3) is 0.344. The van der Waals surface area contributed by atoms with Crippen LogP contribution < -0.4 is 5.32 Å². The highest BCUT2D eigenvalue weighted by Crippen LogP contribution is 2.37. The van der Waals surface area contributed by atoms with E-state index in [1.165, 1.54) is 11.1 Å². The van der Waals surface area contributed by atoms with Crippen molar-refractivity contribution in [1.82, 2.24) is 4.90 Å². The topological polar surface area (TPSA) is 32.3 Å². The van der Waals surface area contributed by atoms with E-state index < -0.39 is 0 Å². The van der Waals surface area contributed by atoms with Crippen LogP contribution in [0.25, 0.3) is 21.5 Å². The van der Waals surface area contributed by atoms with Crippen molar-refractivity contribution in [1.29, 1.82) is 0 Å². The molecule has 2 amide bonds. The summed E-state index contributed by atoms with van der Waals surface area (Å²) < 4.78 is 0. The van der Waals surface area contributed by atoms with Gasteiger partial charge in [-0.2, -0.15) is 0 Å². The first kappa shape index (κ1) is 26.0. The van der Waals surface area contributed by atoms with Crippen molar-refractivity contribution >= 4 is 44.9 Å². The van der Waals surface area contributed by atoms with Gasteiger partial charge in [-0.05, 0) is 52.6 Å². The first-order valence-electron chi connectivity index (χ1n) is 13.0. The van der Waals surface area contributed by atoms with Gasteiger partial charge in [-0.3, -0.25) is 0 Å². The van der Waals surface area contributed by atoms with Crippen LogP contribution in [0.1, 0.15) is 76.5 Å². The molecule has 4 heteroatoms. The molecule has 0 bridgehead atoms. The minimum absolute atomic E-state index is 0.0620. The van der Waals surface area contributed by atoms with Crippen molar-refractivity contribution < 1.29 is 4.79 Å². The monoisotopic (exact) mass is 500 g/mol. The molecule has 1 N–H and O–H groups in total. The molecule has 0 aromatic heterocycles. The van der Waals surface area contributed by atoms with Gasteiger partial charge in [-0.25, -0.2) is 4.79 Å². The van der Waals surface area contributed by atoms with Crippen molar-refractivity contribution in [3.05, 3.63) is 88.4 Å². The van der Waals surface area contributed by atoms with Crippen molar-refractivity contribution in [3.8, 4) is 0 Å². The van der Waals surface area contributed by atoms with Gasteiger partial charge in [0.2, 0.25) is 0 Å². The zero-order chi connectivity index (χ0) is 26.0. The number of nitrogens with one attached hydrogen (secondary N) is 1. The molecule has 0 aliphatic carbocycles. The molecular formula is C32H37ClN2O. The Morgan fingerprint density at radius 1 is 0.778 bits per heavy atom. The van der Waals surface area contributed by atoms with Crippen LogP contribution in [0.4, 0.5) is 10.5 Å². The van der Waals surface area contributed by atoms with E-state index in [-0.39, 0.29) is 12.1 Å². The van der Waals surface area contributed by atoms with Gasteiger partial charge in [0.15, 0.2) is 0 Å². The molecule has 0 heterocycles. The van der Waals surface area contributed by atoms with E-state index in [1.54, 1.807) is 0 Å². The molecule has 0 fully saturated rings. The maximum atomic E-state index is 14.0. The highest BCUT2D eigenvalue weighted by Gasteiger charge is 2.25. The average molecular weight is 501 g/mol. The summed E-state index contributed by atoms with van der Waals surface area (Å²) in [6.45, 7) is 13.4. The van der Waals surface area contributed by atoms with E-state index in [9.17, 15) is 4.79 Å². The molecule has 1 unspecified atom stereocenters. The Labute approximate surface area is 220 Å². The third-order valence-corrected chi connectivity index (χ3v) is 7.70. The molecule has 0 aliphatic heterocycles. The van der Waals surface area contributed by atoms with Crippen molar-refractivity contribution in [3.63, 3.8) is 0 Å². The molecule has 1 atom stereocenters. The molecule has 4 rings (SSSR count). The number of rotatable bonds is 7. The second-order valence-electron chi connectivity index (χ2n) is 10.3. The number of urea groups is 1. The molecule has 0 saturated carbocycles. The highest BCUT2D eigenvalue weighted by atomic mass is 35.5. The third kappa shape index (κ3) is 4.95. The fourth-order valence-corrected chi connectivity index (χ4v) is 5.36. The number of anilines is 1. The minimum Gasteiger partial charge on any atom is -0.317 e. The van der Waals surface area contributed by atoms with Gasteiger partial charge in [0.25, 0.3) is 0 Å². The predicted octanol–water partition coefficient (Wildman–Crippen LogP) is 9.73. The van der Waals surface area contributed by atoms with Crippen LogP contribution in [-0.4, -0.2) is 17.0 Å². The van der Waals surface area contributed by atoms with Crippen molar-refractivity contribution in [2.45, 2.75) is 72.4 Å². The number of para-hydroxylation sites is 1. The molecule has 36 heavy (non-hydrogen) atoms. The van der Waals surface area contributed by atoms with Gasteiger partial charge in [0, 0.05) is 29.0 Å². The summed E-state index contributed by atoms with van der Waals surface area (Å²) in [6.07, 6.45) is 0.861. The molecule has 0 aliphatic rings. The number of halogens is 1. The number of hydrogen-bond donors (Lipinski definition) is 1. The Balaban J connectivity index is 1.82. The minimum atomic E-state index is -0.0672. The smallest absolute Gasteiger partial charge is 0.317 e. The first-order chi connectivity index (χ1) is 17.2. The van der Waals surface area contributed by atoms with Crippen LogP contribution in [0, 0.1) is 0 Å². The predicted molar refractivity (Wildman–Crippen MR) is 155 cm³/mol. The van der Waals surface area contributed by atoms with Crippen LogP contribution >= 0.6 is 11.6 Å². The molecular weight excluding hydrogens is 464 g/mol. The third-order valence-electron chi connectivity index (χ3n) is 7.29. The quantitative estimate of drug-likeness (QED) is 0.251. The summed E-state index contributed by atoms with van der Waals surface area (Å²) in [7, 11) is 0. The van der Waals surface area contributed by atoms with Gasteiger partial charge in [-0.1, -0.05) is 113 Å². The van der Waals surface area contributed by atoms with E-state index >= 15 is 0 Å². The molecule has 0 spiro atoms. The van der Waals surface area contributed by atoms with E-state index in [2.05, 4.69) is 89.3 Å². The Kier molecular flexibility index (Phi) is 7.90. The van der Waals surface area contributed by atoms with Gasteiger partial charge < -0.3 is 10.2 Å². The average Bonchev–Trinajstić information content (AvgIpc) is 2.88. The number of nitrogens with zero attached hydrogens (tertiary/aromatic N) is 1. The maximum Gasteiger partial charge on any atom is 0.322 e. The SMILES string of the molecule is CCC(C)N(Cc1c2ccccc2c(Cl)c2ccccc12)C(=O)Nc1c(C(C)C)cccc1C(C)C. The Hall–Kier alpha value is -3.04. The van der Waals surface area contributed by atoms with Crippen LogP contribution in [0.5, 0.6) is 0 Å². The van der Waals surface area contributed by atoms with Crippen molar-refractivity contribution in [2.24, 2.45) is 0 Å². The summed E-state index contributed by atoms with van der Waals surface area (Å²) >= 11 is 6.84. The zero-order valence-corrected chi connectivity index (χ0v) is 23.0. The Bertz CT molecular complexity index is 1310. The lowest BCUT2D eigenvalue weighted by molar-refractivity contribution is 0.187. The molecule has 4 aromatic carbocycles. The number of amides is 2. The van der Waals surface area contributed by atoms with Gasteiger partial charge in [0.05, 0.1) is 5.02 Å². The molecule has 3 nitrogen and oxygen atoms in total. The lowest BCUT2D eigenvalue weighted by Gasteiger charge is -2.31. The summed E-state index contributed by atoms with van der Waals surface area (Å²) in [5.74, 6) is 0.611. The van der Waals surface area contributed by atoms with Gasteiger partial charge in [-0.15, -0.1) is 0 Å². The van der Waals surface area contributed by atoms with Crippen LogP contribution in [-0.2, 0) is 6.54 Å². The van der Waals surface area contributed by atoms with E-state index in [1.807, 2.05) is 29.2 Å². The van der Waals surface area contributed by atoms with Gasteiger partial charge >= 0.3 is 6.03 Å². The molecule has 4 aromatic rings. The fourth-order valence-electron chi connectivity index (χ4n) is 5.03.